The highest BCUT2D eigenvalue weighted by Gasteiger charge is 2.13. The van der Waals surface area contributed by atoms with Gasteiger partial charge in [0.25, 0.3) is 0 Å². The molecule has 4 heteroatoms. The highest BCUT2D eigenvalue weighted by molar-refractivity contribution is 7.84. The summed E-state index contributed by atoms with van der Waals surface area (Å²) in [4.78, 5) is 0. The second-order valence-electron chi connectivity index (χ2n) is 4.82. The van der Waals surface area contributed by atoms with E-state index in [1.165, 1.54) is 0 Å². The maximum atomic E-state index is 11.5. The first-order valence-corrected chi connectivity index (χ1v) is 8.61. The smallest absolute Gasteiger partial charge is 0.115 e. The standard InChI is InChI=1S/C17H21NO2S/c1-2-21(20)13-12-18-17(14-6-4-3-5-7-14)15-8-10-16(19)11-9-15/h3-11,17-19H,2,12-13H2,1H3. The van der Waals surface area contributed by atoms with E-state index in [4.69, 9.17) is 0 Å². The van der Waals surface area contributed by atoms with Crippen molar-refractivity contribution in [2.75, 3.05) is 18.1 Å². The molecule has 21 heavy (non-hydrogen) atoms. The van der Waals surface area contributed by atoms with Crippen LogP contribution in [0.15, 0.2) is 54.6 Å². The van der Waals surface area contributed by atoms with E-state index in [1.54, 1.807) is 12.1 Å². The lowest BCUT2D eigenvalue weighted by atomic mass is 9.98. The van der Waals surface area contributed by atoms with Gasteiger partial charge in [0, 0.05) is 28.9 Å². The monoisotopic (exact) mass is 303 g/mol. The summed E-state index contributed by atoms with van der Waals surface area (Å²) in [5.74, 6) is 1.60. The molecule has 0 amide bonds. The summed E-state index contributed by atoms with van der Waals surface area (Å²) >= 11 is 0. The van der Waals surface area contributed by atoms with Crippen LogP contribution in [0, 0.1) is 0 Å². The van der Waals surface area contributed by atoms with Crippen molar-refractivity contribution in [3.05, 3.63) is 65.7 Å². The number of phenolic OH excluding ortho intramolecular Hbond substituents is 1. The van der Waals surface area contributed by atoms with Gasteiger partial charge in [0.1, 0.15) is 5.75 Å². The van der Waals surface area contributed by atoms with Crippen molar-refractivity contribution in [1.29, 1.82) is 0 Å². The second-order valence-corrected chi connectivity index (χ2v) is 6.69. The predicted molar refractivity (Wildman–Crippen MR) is 87.9 cm³/mol. The molecule has 2 aromatic carbocycles. The first-order chi connectivity index (χ1) is 10.2. The van der Waals surface area contributed by atoms with Crippen molar-refractivity contribution < 1.29 is 9.32 Å². The molecule has 0 aromatic heterocycles. The summed E-state index contributed by atoms with van der Waals surface area (Å²) < 4.78 is 11.5. The summed E-state index contributed by atoms with van der Waals surface area (Å²) in [5, 5.41) is 12.9. The number of rotatable bonds is 7. The third-order valence-electron chi connectivity index (χ3n) is 3.36. The Kier molecular flexibility index (Phi) is 5.96. The van der Waals surface area contributed by atoms with E-state index in [1.807, 2.05) is 37.3 Å². The zero-order chi connectivity index (χ0) is 15.1. The largest absolute Gasteiger partial charge is 0.508 e. The molecule has 2 N–H and O–H groups in total. The van der Waals surface area contributed by atoms with Gasteiger partial charge in [-0.15, -0.1) is 0 Å². The molecule has 0 spiro atoms. The second kappa shape index (κ2) is 7.96. The van der Waals surface area contributed by atoms with Crippen LogP contribution in [0.25, 0.3) is 0 Å². The fraction of sp³-hybridized carbons (Fsp3) is 0.294. The molecule has 0 aliphatic carbocycles. The van der Waals surface area contributed by atoms with Crippen molar-refractivity contribution >= 4 is 10.8 Å². The third kappa shape index (κ3) is 4.69. The van der Waals surface area contributed by atoms with Crippen LogP contribution in [0.4, 0.5) is 0 Å². The van der Waals surface area contributed by atoms with Gasteiger partial charge in [-0.25, -0.2) is 0 Å². The fourth-order valence-corrected chi connectivity index (χ4v) is 2.84. The quantitative estimate of drug-likeness (QED) is 0.827. The van der Waals surface area contributed by atoms with Crippen LogP contribution in [0.1, 0.15) is 24.1 Å². The molecular formula is C17H21NO2S. The SMILES string of the molecule is CCS(=O)CCNC(c1ccccc1)c1ccc(O)cc1. The molecular weight excluding hydrogens is 282 g/mol. The lowest BCUT2D eigenvalue weighted by molar-refractivity contribution is 0.474. The molecule has 0 heterocycles. The molecule has 2 atom stereocenters. The van der Waals surface area contributed by atoms with Crippen molar-refractivity contribution in [3.63, 3.8) is 0 Å². The molecule has 0 aliphatic rings. The van der Waals surface area contributed by atoms with Crippen molar-refractivity contribution in [2.24, 2.45) is 0 Å². The minimum absolute atomic E-state index is 0.0423. The Hall–Kier alpha value is -1.65. The van der Waals surface area contributed by atoms with E-state index in [-0.39, 0.29) is 11.8 Å². The third-order valence-corrected chi connectivity index (χ3v) is 4.66. The summed E-state index contributed by atoms with van der Waals surface area (Å²) in [6.45, 7) is 2.63. The van der Waals surface area contributed by atoms with Crippen LogP contribution < -0.4 is 5.32 Å². The van der Waals surface area contributed by atoms with E-state index in [2.05, 4.69) is 17.4 Å². The Morgan fingerprint density at radius 3 is 2.29 bits per heavy atom. The van der Waals surface area contributed by atoms with E-state index in [9.17, 15) is 9.32 Å². The number of hydrogen-bond donors (Lipinski definition) is 2. The highest BCUT2D eigenvalue weighted by atomic mass is 32.2. The van der Waals surface area contributed by atoms with Crippen LogP contribution in [-0.4, -0.2) is 27.4 Å². The van der Waals surface area contributed by atoms with Gasteiger partial charge in [-0.2, -0.15) is 0 Å². The van der Waals surface area contributed by atoms with Gasteiger partial charge >= 0.3 is 0 Å². The van der Waals surface area contributed by atoms with Gasteiger partial charge in [-0.3, -0.25) is 4.21 Å². The normalized spacial score (nSPS) is 13.8. The molecule has 2 unspecified atom stereocenters. The predicted octanol–water partition coefficient (Wildman–Crippen LogP) is 2.84. The van der Waals surface area contributed by atoms with Gasteiger partial charge in [-0.05, 0) is 23.3 Å². The van der Waals surface area contributed by atoms with Crippen molar-refractivity contribution in [3.8, 4) is 5.75 Å². The average molecular weight is 303 g/mol. The lowest BCUT2D eigenvalue weighted by Crippen LogP contribution is -2.27. The van der Waals surface area contributed by atoms with Gasteiger partial charge in [0.2, 0.25) is 0 Å². The zero-order valence-corrected chi connectivity index (χ0v) is 13.0. The summed E-state index contributed by atoms with van der Waals surface area (Å²) in [6.07, 6.45) is 0. The molecule has 0 saturated carbocycles. The van der Waals surface area contributed by atoms with Crippen LogP contribution in [0.3, 0.4) is 0 Å². The van der Waals surface area contributed by atoms with Crippen molar-refractivity contribution in [1.82, 2.24) is 5.32 Å². The number of nitrogens with one attached hydrogen (secondary N) is 1. The maximum absolute atomic E-state index is 11.5. The molecule has 0 saturated heterocycles. The molecule has 0 fully saturated rings. The lowest BCUT2D eigenvalue weighted by Gasteiger charge is -2.20. The van der Waals surface area contributed by atoms with Crippen molar-refractivity contribution in [2.45, 2.75) is 13.0 Å². The fourth-order valence-electron chi connectivity index (χ4n) is 2.20. The minimum Gasteiger partial charge on any atom is -0.508 e. The van der Waals surface area contributed by atoms with Gasteiger partial charge in [-0.1, -0.05) is 49.4 Å². The highest BCUT2D eigenvalue weighted by Crippen LogP contribution is 2.23. The number of phenols is 1. The van der Waals surface area contributed by atoms with Crippen LogP contribution in [0.5, 0.6) is 5.75 Å². The molecule has 3 nitrogen and oxygen atoms in total. The van der Waals surface area contributed by atoms with Gasteiger partial charge in [0.05, 0.1) is 6.04 Å². The first kappa shape index (κ1) is 15.7. The summed E-state index contributed by atoms with van der Waals surface area (Å²) in [6, 6.07) is 17.4. The van der Waals surface area contributed by atoms with E-state index < -0.39 is 10.8 Å². The molecule has 112 valence electrons. The number of hydrogen-bond acceptors (Lipinski definition) is 3. The zero-order valence-electron chi connectivity index (χ0n) is 12.2. The summed E-state index contributed by atoms with van der Waals surface area (Å²) in [7, 11) is -0.762. The number of benzene rings is 2. The first-order valence-electron chi connectivity index (χ1n) is 7.13. The number of aromatic hydroxyl groups is 1. The topological polar surface area (TPSA) is 49.3 Å². The van der Waals surface area contributed by atoms with E-state index in [0.717, 1.165) is 11.1 Å². The molecule has 0 aliphatic heterocycles. The molecule has 0 radical (unpaired) electrons. The Morgan fingerprint density at radius 2 is 1.67 bits per heavy atom. The van der Waals surface area contributed by atoms with Gasteiger partial charge in [0.15, 0.2) is 0 Å². The average Bonchev–Trinajstić information content (AvgIpc) is 2.53. The summed E-state index contributed by atoms with van der Waals surface area (Å²) in [5.41, 5.74) is 2.24. The van der Waals surface area contributed by atoms with E-state index in [0.29, 0.717) is 18.1 Å². The van der Waals surface area contributed by atoms with Crippen LogP contribution >= 0.6 is 0 Å². The minimum atomic E-state index is -0.762. The van der Waals surface area contributed by atoms with Gasteiger partial charge < -0.3 is 10.4 Å². The Balaban J connectivity index is 2.15. The molecule has 2 aromatic rings. The Bertz CT molecular complexity index is 569. The van der Waals surface area contributed by atoms with E-state index >= 15 is 0 Å². The van der Waals surface area contributed by atoms with Crippen LogP contribution in [0.2, 0.25) is 0 Å². The molecule has 0 bridgehead atoms. The molecule has 2 rings (SSSR count). The maximum Gasteiger partial charge on any atom is 0.115 e. The Labute approximate surface area is 128 Å². The van der Waals surface area contributed by atoms with Crippen LogP contribution in [-0.2, 0) is 10.8 Å². The Morgan fingerprint density at radius 1 is 1.05 bits per heavy atom.